The zero-order valence-corrected chi connectivity index (χ0v) is 13.1. The first-order valence-corrected chi connectivity index (χ1v) is 6.98. The first kappa shape index (κ1) is 14.6. The van der Waals surface area contributed by atoms with Crippen LogP contribution in [0.25, 0.3) is 0 Å². The predicted molar refractivity (Wildman–Crippen MR) is 82.3 cm³/mol. The maximum atomic E-state index is 11.9. The van der Waals surface area contributed by atoms with E-state index in [1.165, 1.54) is 0 Å². The average Bonchev–Trinajstić information content (AvgIpc) is 2.74. The Morgan fingerprint density at radius 3 is 2.40 bits per heavy atom. The number of hydrogen-bond acceptors (Lipinski definition) is 3. The van der Waals surface area contributed by atoms with Crippen molar-refractivity contribution in [3.63, 3.8) is 0 Å². The Labute approximate surface area is 129 Å². The smallest absolute Gasteiger partial charge is 0.273 e. The molecule has 2 aromatic rings. The van der Waals surface area contributed by atoms with Gasteiger partial charge in [-0.15, -0.1) is 0 Å². The molecular formula is C14H13IN2O3. The van der Waals surface area contributed by atoms with Crippen molar-refractivity contribution in [2.24, 2.45) is 0 Å². The van der Waals surface area contributed by atoms with Crippen LogP contribution in [0.4, 0.5) is 0 Å². The van der Waals surface area contributed by atoms with Crippen molar-refractivity contribution < 1.29 is 14.0 Å². The van der Waals surface area contributed by atoms with E-state index >= 15 is 0 Å². The van der Waals surface area contributed by atoms with Crippen LogP contribution in [0.3, 0.4) is 0 Å². The van der Waals surface area contributed by atoms with Crippen molar-refractivity contribution in [2.75, 3.05) is 0 Å². The maximum absolute atomic E-state index is 11.9. The fourth-order valence-electron chi connectivity index (χ4n) is 1.74. The molecule has 1 aromatic carbocycles. The fourth-order valence-corrected chi connectivity index (χ4v) is 2.28. The van der Waals surface area contributed by atoms with E-state index in [2.05, 4.69) is 33.4 Å². The number of amides is 2. The minimum Gasteiger partial charge on any atom is -0.466 e. The van der Waals surface area contributed by atoms with Crippen molar-refractivity contribution in [1.82, 2.24) is 10.9 Å². The van der Waals surface area contributed by atoms with E-state index in [0.717, 1.165) is 3.57 Å². The van der Waals surface area contributed by atoms with Gasteiger partial charge in [0.1, 0.15) is 11.5 Å². The lowest BCUT2D eigenvalue weighted by Crippen LogP contribution is -2.41. The van der Waals surface area contributed by atoms with Gasteiger partial charge < -0.3 is 4.42 Å². The Morgan fingerprint density at radius 2 is 1.80 bits per heavy atom. The molecule has 0 unspecified atom stereocenters. The largest absolute Gasteiger partial charge is 0.466 e. The van der Waals surface area contributed by atoms with E-state index in [1.807, 2.05) is 6.07 Å². The first-order valence-electron chi connectivity index (χ1n) is 5.90. The highest BCUT2D eigenvalue weighted by molar-refractivity contribution is 14.1. The second kappa shape index (κ2) is 6.08. The van der Waals surface area contributed by atoms with E-state index in [-0.39, 0.29) is 5.91 Å². The van der Waals surface area contributed by atoms with Crippen LogP contribution in [-0.2, 0) is 0 Å². The summed E-state index contributed by atoms with van der Waals surface area (Å²) in [6.45, 7) is 3.46. The van der Waals surface area contributed by atoms with E-state index < -0.39 is 5.91 Å². The Hall–Kier alpha value is -1.83. The topological polar surface area (TPSA) is 71.3 Å². The molecule has 2 amide bonds. The first-order chi connectivity index (χ1) is 9.47. The second-order valence-electron chi connectivity index (χ2n) is 4.25. The van der Waals surface area contributed by atoms with Gasteiger partial charge >= 0.3 is 0 Å². The third kappa shape index (κ3) is 3.38. The molecule has 5 nitrogen and oxygen atoms in total. The molecule has 104 valence electrons. The monoisotopic (exact) mass is 384 g/mol. The molecule has 0 aliphatic heterocycles. The summed E-state index contributed by atoms with van der Waals surface area (Å²) in [5.74, 6) is 0.396. The minimum absolute atomic E-state index is 0.366. The summed E-state index contributed by atoms with van der Waals surface area (Å²) in [5.41, 5.74) is 5.64. The van der Waals surface area contributed by atoms with Crippen LogP contribution >= 0.6 is 22.6 Å². The highest BCUT2D eigenvalue weighted by Crippen LogP contribution is 2.13. The lowest BCUT2D eigenvalue weighted by atomic mass is 10.2. The molecule has 0 aliphatic rings. The summed E-state index contributed by atoms with van der Waals surface area (Å²) in [6, 6.07) is 8.70. The number of hydrogen-bond donors (Lipinski definition) is 2. The molecule has 6 heteroatoms. The normalized spacial score (nSPS) is 10.2. The van der Waals surface area contributed by atoms with Gasteiger partial charge in [0, 0.05) is 9.13 Å². The highest BCUT2D eigenvalue weighted by Gasteiger charge is 2.14. The quantitative estimate of drug-likeness (QED) is 0.618. The van der Waals surface area contributed by atoms with Crippen molar-refractivity contribution in [2.45, 2.75) is 13.8 Å². The molecule has 0 fully saturated rings. The van der Waals surface area contributed by atoms with Crippen molar-refractivity contribution in [3.05, 3.63) is 56.5 Å². The SMILES string of the molecule is Cc1cc(C(=O)NNC(=O)c2cccc(I)c2)c(C)o1. The van der Waals surface area contributed by atoms with Gasteiger partial charge in [0.2, 0.25) is 0 Å². The number of halogens is 1. The van der Waals surface area contributed by atoms with E-state index in [4.69, 9.17) is 4.42 Å². The number of benzene rings is 1. The van der Waals surface area contributed by atoms with Gasteiger partial charge in [-0.2, -0.15) is 0 Å². The van der Waals surface area contributed by atoms with Crippen LogP contribution in [-0.4, -0.2) is 11.8 Å². The maximum Gasteiger partial charge on any atom is 0.273 e. The van der Waals surface area contributed by atoms with Crippen molar-refractivity contribution >= 4 is 34.4 Å². The molecule has 0 spiro atoms. The number of furan rings is 1. The van der Waals surface area contributed by atoms with Gasteiger partial charge in [0.25, 0.3) is 11.8 Å². The second-order valence-corrected chi connectivity index (χ2v) is 5.49. The number of carbonyl (C=O) groups excluding carboxylic acids is 2. The summed E-state index contributed by atoms with van der Waals surface area (Å²) in [7, 11) is 0. The van der Waals surface area contributed by atoms with Gasteiger partial charge in [0.15, 0.2) is 0 Å². The van der Waals surface area contributed by atoms with Gasteiger partial charge in [-0.05, 0) is 60.7 Å². The number of aryl methyl sites for hydroxylation is 2. The molecule has 1 heterocycles. The summed E-state index contributed by atoms with van der Waals surface area (Å²) in [5, 5.41) is 0. The zero-order chi connectivity index (χ0) is 14.7. The molecule has 2 N–H and O–H groups in total. The summed E-state index contributed by atoms with van der Waals surface area (Å²) < 4.78 is 6.22. The molecule has 0 saturated carbocycles. The number of rotatable bonds is 2. The summed E-state index contributed by atoms with van der Waals surface area (Å²) in [4.78, 5) is 23.8. The molecule has 0 radical (unpaired) electrons. The standard InChI is InChI=1S/C14H13IN2O3/c1-8-6-12(9(2)20-8)14(19)17-16-13(18)10-4-3-5-11(15)7-10/h3-7H,1-2H3,(H,16,18)(H,17,19). The summed E-state index contributed by atoms with van der Waals surface area (Å²) >= 11 is 2.12. The molecule has 0 saturated heterocycles. The predicted octanol–water partition coefficient (Wildman–Crippen LogP) is 2.58. The lowest BCUT2D eigenvalue weighted by Gasteiger charge is -2.07. The van der Waals surface area contributed by atoms with E-state index in [1.54, 1.807) is 38.1 Å². The van der Waals surface area contributed by atoms with Crippen LogP contribution < -0.4 is 10.9 Å². The van der Waals surface area contributed by atoms with Crippen LogP contribution in [0.2, 0.25) is 0 Å². The molecule has 20 heavy (non-hydrogen) atoms. The molecule has 0 aliphatic carbocycles. The minimum atomic E-state index is -0.404. The van der Waals surface area contributed by atoms with Crippen molar-refractivity contribution in [1.29, 1.82) is 0 Å². The Bertz CT molecular complexity index is 664. The van der Waals surface area contributed by atoms with E-state index in [9.17, 15) is 9.59 Å². The van der Waals surface area contributed by atoms with Crippen LogP contribution in [0.15, 0.2) is 34.7 Å². The molecule has 0 bridgehead atoms. The summed E-state index contributed by atoms with van der Waals surface area (Å²) in [6.07, 6.45) is 0. The number of nitrogens with one attached hydrogen (secondary N) is 2. The Balaban J connectivity index is 2.00. The highest BCUT2D eigenvalue weighted by atomic mass is 127. The number of carbonyl (C=O) groups is 2. The third-order valence-corrected chi connectivity index (χ3v) is 3.33. The van der Waals surface area contributed by atoms with Gasteiger partial charge in [-0.1, -0.05) is 6.07 Å². The molecule has 2 rings (SSSR count). The lowest BCUT2D eigenvalue weighted by molar-refractivity contribution is 0.0845. The van der Waals surface area contributed by atoms with Crippen LogP contribution in [0.5, 0.6) is 0 Å². The Kier molecular flexibility index (Phi) is 4.43. The van der Waals surface area contributed by atoms with Gasteiger partial charge in [0.05, 0.1) is 5.56 Å². The van der Waals surface area contributed by atoms with Crippen molar-refractivity contribution in [3.8, 4) is 0 Å². The fraction of sp³-hybridized carbons (Fsp3) is 0.143. The Morgan fingerprint density at radius 1 is 1.10 bits per heavy atom. The van der Waals surface area contributed by atoms with Crippen LogP contribution in [0, 0.1) is 17.4 Å². The van der Waals surface area contributed by atoms with Gasteiger partial charge in [-0.25, -0.2) is 0 Å². The zero-order valence-electron chi connectivity index (χ0n) is 11.0. The molecular weight excluding hydrogens is 371 g/mol. The molecule has 0 atom stereocenters. The van der Waals surface area contributed by atoms with Crippen LogP contribution in [0.1, 0.15) is 32.2 Å². The van der Waals surface area contributed by atoms with Gasteiger partial charge in [-0.3, -0.25) is 20.4 Å². The third-order valence-electron chi connectivity index (χ3n) is 2.66. The average molecular weight is 384 g/mol. The molecule has 1 aromatic heterocycles. The number of hydrazine groups is 1. The van der Waals surface area contributed by atoms with E-state index in [0.29, 0.717) is 22.6 Å².